The summed E-state index contributed by atoms with van der Waals surface area (Å²) in [6.07, 6.45) is 4.61. The third-order valence-corrected chi connectivity index (χ3v) is 21.5. The third-order valence-electron chi connectivity index (χ3n) is 21.2. The van der Waals surface area contributed by atoms with Gasteiger partial charge in [-0.15, -0.1) is 0 Å². The molecule has 1 spiro atoms. The number of amides is 12. The van der Waals surface area contributed by atoms with Crippen molar-refractivity contribution in [3.63, 3.8) is 0 Å². The molecule has 28 heteroatoms. The van der Waals surface area contributed by atoms with Crippen LogP contribution in [0.2, 0.25) is 5.02 Å². The van der Waals surface area contributed by atoms with E-state index in [2.05, 4.69) is 16.0 Å². The van der Waals surface area contributed by atoms with Crippen LogP contribution in [0.15, 0.2) is 18.2 Å². The van der Waals surface area contributed by atoms with Gasteiger partial charge in [0.1, 0.15) is 47.8 Å². The standard InChI is InChI=1S/C71H110ClF3N12O12/c1-13-15-18-28-53-65(95)80(7)42-56(88)76-51(33-31-47-30-32-49(50(72)40-47)71(73,74)75)64(94)87-38-25-29-52(87)63(93)78-70(34-21-22-35-70)69(99)85(12)61(48-26-19-16-20-27-48)68(98)84(11)55(66(96)86-36-23-17-24-37-86)41-57(89)83(10)54(39-45(3)4)62(92)77-60(46(5)14-2)67(97)81(8)43-58(90)79(6)44-59(91)82(53)9/h30,32,40,45-46,48,51-55,60-61H,13-29,31,33-39,41-44H2,1-12H3,(H,76,88)(H,77,92)(H,78,93)/t46-,51-,52-,53-,54-,55-,60-,61-/m0/s1. The number of rotatable bonds is 13. The molecule has 8 atom stereocenters. The lowest BCUT2D eigenvalue weighted by Gasteiger charge is -2.43. The number of carbonyl (C=O) groups is 12. The van der Waals surface area contributed by atoms with Crippen LogP contribution in [0, 0.1) is 17.8 Å². The van der Waals surface area contributed by atoms with Crippen molar-refractivity contribution in [2.24, 2.45) is 17.8 Å². The number of nitrogens with zero attached hydrogens (tertiary/aromatic N) is 9. The minimum absolute atomic E-state index is 0.0362. The van der Waals surface area contributed by atoms with Crippen molar-refractivity contribution < 1.29 is 70.7 Å². The minimum Gasteiger partial charge on any atom is -0.343 e. The summed E-state index contributed by atoms with van der Waals surface area (Å²) in [5, 5.41) is 8.14. The van der Waals surface area contributed by atoms with Gasteiger partial charge in [0.15, 0.2) is 0 Å². The topological polar surface area (TPSA) is 270 Å². The first-order chi connectivity index (χ1) is 46.7. The second-order valence-electron chi connectivity index (χ2n) is 28.9. The number of benzene rings is 1. The molecule has 99 heavy (non-hydrogen) atoms. The molecule has 1 aromatic rings. The lowest BCUT2D eigenvalue weighted by atomic mass is 9.81. The first kappa shape index (κ1) is 80.9. The molecule has 12 amide bonds. The fraction of sp³-hybridized carbons (Fsp3) is 0.746. The van der Waals surface area contributed by atoms with Crippen LogP contribution in [0.4, 0.5) is 13.2 Å². The molecule has 0 radical (unpaired) electrons. The average Bonchev–Trinajstić information content (AvgIpc) is 1.75. The lowest BCUT2D eigenvalue weighted by Crippen LogP contribution is -2.65. The van der Waals surface area contributed by atoms with Crippen LogP contribution in [0.3, 0.4) is 0 Å². The maximum Gasteiger partial charge on any atom is 0.417 e. The monoisotopic (exact) mass is 1410 g/mol. The molecule has 554 valence electrons. The van der Waals surface area contributed by atoms with Crippen molar-refractivity contribution in [1.29, 1.82) is 0 Å². The van der Waals surface area contributed by atoms with E-state index < -0.39 is 173 Å². The Hall–Kier alpha value is -7.06. The maximum atomic E-state index is 15.8. The number of hydrogen-bond donors (Lipinski definition) is 3. The van der Waals surface area contributed by atoms with Crippen molar-refractivity contribution in [1.82, 2.24) is 60.0 Å². The lowest BCUT2D eigenvalue weighted by molar-refractivity contribution is -0.157. The Labute approximate surface area is 587 Å². The number of likely N-dealkylation sites (tertiary alicyclic amines) is 1. The number of nitrogens with one attached hydrogen (secondary N) is 3. The van der Waals surface area contributed by atoms with Gasteiger partial charge in [-0.1, -0.05) is 110 Å². The summed E-state index contributed by atoms with van der Waals surface area (Å²) < 4.78 is 41.5. The zero-order chi connectivity index (χ0) is 73.4. The summed E-state index contributed by atoms with van der Waals surface area (Å²) in [6.45, 7) is 8.37. The van der Waals surface area contributed by atoms with Gasteiger partial charge >= 0.3 is 6.18 Å². The van der Waals surface area contributed by atoms with Crippen LogP contribution in [0.1, 0.15) is 187 Å². The van der Waals surface area contributed by atoms with E-state index in [1.165, 1.54) is 79.9 Å². The number of halogens is 4. The number of alkyl halides is 3. The second-order valence-corrected chi connectivity index (χ2v) is 29.3. The number of piperidine rings is 1. The van der Waals surface area contributed by atoms with E-state index in [1.54, 1.807) is 11.8 Å². The van der Waals surface area contributed by atoms with Gasteiger partial charge in [-0.3, -0.25) is 57.5 Å². The highest BCUT2D eigenvalue weighted by Gasteiger charge is 2.51. The zero-order valence-corrected chi connectivity index (χ0v) is 61.2. The number of carbonyl (C=O) groups excluding carboxylic acids is 12. The van der Waals surface area contributed by atoms with Crippen LogP contribution >= 0.6 is 11.6 Å². The molecule has 3 saturated heterocycles. The summed E-state index contributed by atoms with van der Waals surface area (Å²) in [5.74, 6) is -8.81. The van der Waals surface area contributed by atoms with E-state index >= 15 is 28.8 Å². The van der Waals surface area contributed by atoms with E-state index in [0.29, 0.717) is 82.9 Å². The number of hydrogen-bond acceptors (Lipinski definition) is 12. The van der Waals surface area contributed by atoms with E-state index in [4.69, 9.17) is 11.6 Å². The Morgan fingerprint density at radius 1 is 0.626 bits per heavy atom. The van der Waals surface area contributed by atoms with Crippen molar-refractivity contribution in [2.75, 3.05) is 88.6 Å². The van der Waals surface area contributed by atoms with Gasteiger partial charge in [0.25, 0.3) is 0 Å². The molecule has 3 heterocycles. The molecule has 24 nitrogen and oxygen atoms in total. The van der Waals surface area contributed by atoms with Gasteiger partial charge in [-0.25, -0.2) is 0 Å². The largest absolute Gasteiger partial charge is 0.417 e. The molecule has 6 rings (SSSR count). The number of fused-ring (bicyclic) bond motifs is 1. The summed E-state index contributed by atoms with van der Waals surface area (Å²) >= 11 is 6.14. The molecular formula is C71H110ClF3N12O12. The van der Waals surface area contributed by atoms with Gasteiger partial charge in [-0.2, -0.15) is 13.2 Å². The van der Waals surface area contributed by atoms with Gasteiger partial charge in [0, 0.05) is 69.0 Å². The SMILES string of the molecule is CCCCC[C@H]1C(=O)N(C)CC(=O)N[C@@H](CCc2ccc(C(F)(F)F)c(Cl)c2)C(=O)N2CCC[C@H]2C(=O)NC2(CCCC2)C(=O)N(C)[C@@H](C2CCCCC2)C(=O)N(C)[C@H](C(=O)N2CCCCC2)CC(=O)N(C)[C@@H](CC(C)C)C(=O)N[C@@H]([C@@H](C)CC)C(=O)N(C)CC(=O)N(C)CC(=O)N1C. The zero-order valence-electron chi connectivity index (χ0n) is 60.4. The smallest absolute Gasteiger partial charge is 0.343 e. The molecule has 2 aliphatic carbocycles. The number of unbranched alkanes of at least 4 members (excludes halogenated alkanes) is 2. The molecule has 3 aliphatic heterocycles. The highest BCUT2D eigenvalue weighted by atomic mass is 35.5. The Morgan fingerprint density at radius 2 is 1.24 bits per heavy atom. The summed E-state index contributed by atoms with van der Waals surface area (Å²) in [5.41, 5.74) is -2.34. The predicted octanol–water partition coefficient (Wildman–Crippen LogP) is 6.03. The van der Waals surface area contributed by atoms with E-state index in [1.807, 2.05) is 27.7 Å². The fourth-order valence-corrected chi connectivity index (χ4v) is 15.1. The Morgan fingerprint density at radius 3 is 1.85 bits per heavy atom. The van der Waals surface area contributed by atoms with E-state index in [9.17, 15) is 41.9 Å². The first-order valence-electron chi connectivity index (χ1n) is 35.8. The normalized spacial score (nSPS) is 26.0. The number of aryl methyl sites for hydroxylation is 1. The highest BCUT2D eigenvalue weighted by Crippen LogP contribution is 2.38. The Kier molecular flexibility index (Phi) is 29.8. The quantitative estimate of drug-likeness (QED) is 0.191. The number of likely N-dealkylation sites (N-methyl/N-ethyl adjacent to an activating group) is 7. The molecule has 0 bridgehead atoms. The summed E-state index contributed by atoms with van der Waals surface area (Å²) in [6, 6.07) is -5.56. The molecule has 0 unspecified atom stereocenters. The molecule has 5 fully saturated rings. The maximum absolute atomic E-state index is 15.8. The van der Waals surface area contributed by atoms with Gasteiger partial charge in [0.2, 0.25) is 70.9 Å². The van der Waals surface area contributed by atoms with Gasteiger partial charge in [0.05, 0.1) is 36.6 Å². The predicted molar refractivity (Wildman–Crippen MR) is 367 cm³/mol. The van der Waals surface area contributed by atoms with Gasteiger partial charge in [-0.05, 0) is 119 Å². The minimum atomic E-state index is -4.76. The Bertz CT molecular complexity index is 3050. The van der Waals surface area contributed by atoms with Crippen molar-refractivity contribution in [2.45, 2.75) is 236 Å². The van der Waals surface area contributed by atoms with E-state index in [-0.39, 0.29) is 57.4 Å². The first-order valence-corrected chi connectivity index (χ1v) is 36.2. The average molecular weight is 1420 g/mol. The van der Waals surface area contributed by atoms with Gasteiger partial charge < -0.3 is 60.0 Å². The van der Waals surface area contributed by atoms with Crippen LogP contribution in [0.25, 0.3) is 0 Å². The third kappa shape index (κ3) is 20.8. The molecule has 3 N–H and O–H groups in total. The summed E-state index contributed by atoms with van der Waals surface area (Å²) in [4.78, 5) is 190. The second kappa shape index (κ2) is 36.5. The molecule has 5 aliphatic rings. The van der Waals surface area contributed by atoms with Crippen LogP contribution in [-0.4, -0.2) is 251 Å². The molecule has 2 saturated carbocycles. The molecule has 1 aromatic carbocycles. The molecule has 0 aromatic heterocycles. The highest BCUT2D eigenvalue weighted by molar-refractivity contribution is 6.31. The van der Waals surface area contributed by atoms with Crippen molar-refractivity contribution in [3.05, 3.63) is 34.3 Å². The Balaban J connectivity index is 1.44. The van der Waals surface area contributed by atoms with Crippen molar-refractivity contribution in [3.8, 4) is 0 Å². The van der Waals surface area contributed by atoms with E-state index in [0.717, 1.165) is 58.9 Å². The van der Waals surface area contributed by atoms with Crippen LogP contribution in [0.5, 0.6) is 0 Å². The molecular weight excluding hydrogens is 1310 g/mol. The fourth-order valence-electron chi connectivity index (χ4n) is 14.8. The van der Waals surface area contributed by atoms with Crippen LogP contribution in [-0.2, 0) is 70.1 Å². The van der Waals surface area contributed by atoms with Crippen molar-refractivity contribution >= 4 is 82.5 Å². The summed E-state index contributed by atoms with van der Waals surface area (Å²) in [7, 11) is 9.93. The van der Waals surface area contributed by atoms with Crippen LogP contribution < -0.4 is 16.0 Å².